The fourth-order valence-electron chi connectivity index (χ4n) is 8.84. The summed E-state index contributed by atoms with van der Waals surface area (Å²) in [6.45, 7) is -2.03. The van der Waals surface area contributed by atoms with Gasteiger partial charge in [-0.2, -0.15) is 0 Å². The van der Waals surface area contributed by atoms with Crippen LogP contribution in [0.2, 0.25) is 0 Å². The number of hydrogen-bond donors (Lipinski definition) is 19. The number of rotatable bonds is 19. The minimum Gasteiger partial charge on any atom is -0.477 e. The Morgan fingerprint density at radius 3 is 1.51 bits per heavy atom. The van der Waals surface area contributed by atoms with Crippen molar-refractivity contribution in [3.8, 4) is 0 Å². The van der Waals surface area contributed by atoms with Crippen molar-refractivity contribution in [3.05, 3.63) is 0 Å². The number of ether oxygens (including phenoxy) is 9. The Balaban J connectivity index is 1.32. The molecule has 410 valence electrons. The normalized spacial score (nSPS) is 45.0. The number of nitrogens with one attached hydrogen (secondary N) is 3. The highest BCUT2D eigenvalue weighted by molar-refractivity contribution is 5.76. The van der Waals surface area contributed by atoms with Crippen LogP contribution >= 0.6 is 0 Å². The third-order valence-electron chi connectivity index (χ3n) is 12.5. The molecule has 26 atom stereocenters. The highest BCUT2D eigenvalue weighted by Gasteiger charge is 2.59. The van der Waals surface area contributed by atoms with E-state index in [9.17, 15) is 101 Å². The number of aliphatic hydroxyl groups excluding tert-OH is 15. The highest BCUT2D eigenvalue weighted by atomic mass is 16.8. The summed E-state index contributed by atoms with van der Waals surface area (Å²) in [5.41, 5.74) is 0. The molecule has 0 unspecified atom stereocenters. The van der Waals surface area contributed by atoms with Crippen molar-refractivity contribution in [2.45, 2.75) is 186 Å². The van der Waals surface area contributed by atoms with Crippen LogP contribution in [0.5, 0.6) is 0 Å². The zero-order valence-corrected chi connectivity index (χ0v) is 38.1. The Morgan fingerprint density at radius 1 is 0.563 bits per heavy atom. The standard InChI is InChI=1S/C39H65N3O29/c1-10(47)40-19-13(50)4-39(38(61)62,71-33(19)22(52)14(51)5-43)63-9-18-23(53)26(56)28(58)36(67-18)70-31-16(7-45)65-35(21(25(31)55)42-12(3)49)68-32-17(8-46)66-37(29(59)27(32)57)69-30-15(6-44)64-34(60)20(24(30)54)41-11(2)48/h13-37,43-46,50-60H,4-9H2,1-3H3,(H,40,47)(H,41,48)(H,42,49)(H,61,62)/t13-,14+,15+,16+,17+,18+,19+,20+,21+,22+,23-,24+,25+,26-,27+,28+,29+,30+,31+,32-,33+,34+,35-,36-,37-,39+/m0/s1. The SMILES string of the molecule is CC(=O)N[C@@H]1[C@@H](O)[C@H](O[C@@H]2O[C@H](CO)[C@H](O[C@@H]3O[C@H](CO)[C@@H](O[C@@H]4O[C@H](CO[C@]5(C(=O)O)C[C@H](O)[C@@H](NC(C)=O)[C@H]([C@H](O)[C@H](O)CO)O5)[C@H](O)[C@H](O)[C@H]4O)[C@H](O)[C@H]3NC(C)=O)[C@H](O)[C@H]2O)[C@@H](CO)O[C@H]1O. The van der Waals surface area contributed by atoms with E-state index in [1.807, 2.05) is 0 Å². The van der Waals surface area contributed by atoms with E-state index in [0.717, 1.165) is 20.8 Å². The Kier molecular flexibility index (Phi) is 20.7. The fourth-order valence-corrected chi connectivity index (χ4v) is 8.84. The number of carbonyl (C=O) groups is 4. The van der Waals surface area contributed by atoms with E-state index in [2.05, 4.69) is 16.0 Å². The average Bonchev–Trinajstić information content (AvgIpc) is 3.31. The van der Waals surface area contributed by atoms with Gasteiger partial charge in [0, 0.05) is 27.2 Å². The van der Waals surface area contributed by atoms with Gasteiger partial charge in [0.1, 0.15) is 116 Å². The Morgan fingerprint density at radius 2 is 1.00 bits per heavy atom. The molecule has 71 heavy (non-hydrogen) atoms. The molecule has 0 spiro atoms. The molecular weight excluding hydrogens is 974 g/mol. The second kappa shape index (κ2) is 25.0. The Bertz CT molecular complexity index is 1770. The van der Waals surface area contributed by atoms with Crippen molar-refractivity contribution in [1.29, 1.82) is 0 Å². The second-order valence-corrected chi connectivity index (χ2v) is 17.6. The van der Waals surface area contributed by atoms with Gasteiger partial charge in [0.25, 0.3) is 5.79 Å². The van der Waals surface area contributed by atoms with Gasteiger partial charge in [-0.05, 0) is 0 Å². The van der Waals surface area contributed by atoms with E-state index in [-0.39, 0.29) is 0 Å². The number of hydrogen-bond acceptors (Lipinski definition) is 28. The summed E-state index contributed by atoms with van der Waals surface area (Å²) < 4.78 is 50.9. The number of carboxylic acids is 1. The number of carbonyl (C=O) groups excluding carboxylic acids is 3. The van der Waals surface area contributed by atoms with Crippen molar-refractivity contribution in [2.24, 2.45) is 0 Å². The molecule has 5 saturated heterocycles. The molecule has 3 amide bonds. The third-order valence-corrected chi connectivity index (χ3v) is 12.5. The highest BCUT2D eigenvalue weighted by Crippen LogP contribution is 2.37. The third kappa shape index (κ3) is 13.1. The number of amides is 3. The smallest absolute Gasteiger partial charge is 0.364 e. The summed E-state index contributed by atoms with van der Waals surface area (Å²) in [6.07, 6.45) is -43.6. The molecule has 5 heterocycles. The zero-order chi connectivity index (χ0) is 53.0. The van der Waals surface area contributed by atoms with Crippen LogP contribution < -0.4 is 16.0 Å². The molecule has 0 aromatic heterocycles. The lowest BCUT2D eigenvalue weighted by atomic mass is 9.88. The van der Waals surface area contributed by atoms with Crippen molar-refractivity contribution in [3.63, 3.8) is 0 Å². The summed E-state index contributed by atoms with van der Waals surface area (Å²) >= 11 is 0. The van der Waals surface area contributed by atoms with E-state index < -0.39 is 222 Å². The van der Waals surface area contributed by atoms with E-state index in [1.54, 1.807) is 0 Å². The summed E-state index contributed by atoms with van der Waals surface area (Å²) in [5.74, 6) is -7.24. The molecule has 32 heteroatoms. The molecule has 0 aromatic rings. The maximum absolute atomic E-state index is 12.7. The molecule has 0 aliphatic carbocycles. The second-order valence-electron chi connectivity index (χ2n) is 17.6. The Hall–Kier alpha value is -3.08. The molecule has 0 radical (unpaired) electrons. The van der Waals surface area contributed by atoms with E-state index in [1.165, 1.54) is 0 Å². The van der Waals surface area contributed by atoms with Gasteiger partial charge in [0.15, 0.2) is 25.2 Å². The first kappa shape index (κ1) is 58.8. The molecule has 0 bridgehead atoms. The summed E-state index contributed by atoms with van der Waals surface area (Å²) in [6, 6.07) is -4.85. The lowest BCUT2D eigenvalue weighted by Gasteiger charge is -2.50. The number of aliphatic hydroxyl groups is 15. The van der Waals surface area contributed by atoms with Gasteiger partial charge in [-0.3, -0.25) is 14.4 Å². The molecule has 5 rings (SSSR count). The zero-order valence-electron chi connectivity index (χ0n) is 38.1. The predicted octanol–water partition coefficient (Wildman–Crippen LogP) is -12.3. The minimum atomic E-state index is -2.96. The predicted molar refractivity (Wildman–Crippen MR) is 219 cm³/mol. The summed E-state index contributed by atoms with van der Waals surface area (Å²) in [4.78, 5) is 48.8. The van der Waals surface area contributed by atoms with Crippen LogP contribution in [-0.4, -0.2) is 297 Å². The van der Waals surface area contributed by atoms with Gasteiger partial charge < -0.3 is 140 Å². The molecule has 19 N–H and O–H groups in total. The van der Waals surface area contributed by atoms with Crippen molar-refractivity contribution < 1.29 is 144 Å². The first-order chi connectivity index (χ1) is 33.3. The molecule has 0 aromatic carbocycles. The van der Waals surface area contributed by atoms with Crippen LogP contribution in [0.4, 0.5) is 0 Å². The van der Waals surface area contributed by atoms with Crippen molar-refractivity contribution in [1.82, 2.24) is 16.0 Å². The molecule has 32 nitrogen and oxygen atoms in total. The topological polar surface area (TPSA) is 511 Å². The molecule has 5 aliphatic heterocycles. The lowest BCUT2D eigenvalue weighted by Crippen LogP contribution is -2.70. The Labute approximate surface area is 402 Å². The van der Waals surface area contributed by atoms with Gasteiger partial charge in [-0.1, -0.05) is 0 Å². The van der Waals surface area contributed by atoms with Crippen LogP contribution in [0.3, 0.4) is 0 Å². The number of carboxylic acid groups (broad SMARTS) is 1. The maximum Gasteiger partial charge on any atom is 0.364 e. The minimum absolute atomic E-state index is 0.701. The lowest BCUT2D eigenvalue weighted by molar-refractivity contribution is -0.378. The van der Waals surface area contributed by atoms with Crippen molar-refractivity contribution >= 4 is 23.7 Å². The summed E-state index contributed by atoms with van der Waals surface area (Å²) in [7, 11) is 0. The molecule has 5 aliphatic rings. The van der Waals surface area contributed by atoms with Crippen LogP contribution in [0.1, 0.15) is 27.2 Å². The quantitative estimate of drug-likeness (QED) is 0.0571. The largest absolute Gasteiger partial charge is 0.477 e. The van der Waals surface area contributed by atoms with Crippen LogP contribution in [0.15, 0.2) is 0 Å². The van der Waals surface area contributed by atoms with E-state index >= 15 is 0 Å². The van der Waals surface area contributed by atoms with Crippen molar-refractivity contribution in [2.75, 3.05) is 33.0 Å². The first-order valence-corrected chi connectivity index (χ1v) is 22.2. The van der Waals surface area contributed by atoms with Crippen LogP contribution in [-0.2, 0) is 61.8 Å². The summed E-state index contributed by atoms with van der Waals surface area (Å²) in [5, 5.41) is 177. The molecule has 5 fully saturated rings. The van der Waals surface area contributed by atoms with Crippen LogP contribution in [0, 0.1) is 0 Å². The molecule has 0 saturated carbocycles. The maximum atomic E-state index is 12.7. The number of aliphatic carboxylic acids is 1. The molecular formula is C39H65N3O29. The monoisotopic (exact) mass is 1040 g/mol. The van der Waals surface area contributed by atoms with Gasteiger partial charge in [0.05, 0.1) is 45.2 Å². The van der Waals surface area contributed by atoms with E-state index in [0.29, 0.717) is 0 Å². The van der Waals surface area contributed by atoms with Gasteiger partial charge in [-0.25, -0.2) is 4.79 Å². The van der Waals surface area contributed by atoms with Gasteiger partial charge in [-0.15, -0.1) is 0 Å². The van der Waals surface area contributed by atoms with E-state index in [4.69, 9.17) is 42.6 Å². The fraction of sp³-hybridized carbons (Fsp3) is 0.897. The first-order valence-electron chi connectivity index (χ1n) is 22.2. The average molecular weight is 1040 g/mol. The van der Waals surface area contributed by atoms with Gasteiger partial charge >= 0.3 is 5.97 Å². The van der Waals surface area contributed by atoms with Gasteiger partial charge in [0.2, 0.25) is 17.7 Å². The van der Waals surface area contributed by atoms with Crippen LogP contribution in [0.25, 0.3) is 0 Å².